The average Bonchev–Trinajstić information content (AvgIpc) is 3.23. The van der Waals surface area contributed by atoms with Gasteiger partial charge < -0.3 is 10.2 Å². The molecule has 1 aliphatic rings. The van der Waals surface area contributed by atoms with Crippen LogP contribution in [0.5, 0.6) is 5.75 Å². The molecule has 0 unspecified atom stereocenters. The van der Waals surface area contributed by atoms with Crippen LogP contribution in [-0.4, -0.2) is 53.1 Å². The molecule has 2 aromatic heterocycles. The second-order valence-corrected chi connectivity index (χ2v) is 8.48. The van der Waals surface area contributed by atoms with E-state index in [-0.39, 0.29) is 17.9 Å². The molecule has 0 bridgehead atoms. The number of para-hydroxylation sites is 1. The van der Waals surface area contributed by atoms with Crippen molar-refractivity contribution in [2.75, 3.05) is 13.1 Å². The Balaban J connectivity index is 1.30. The van der Waals surface area contributed by atoms with Crippen LogP contribution in [0.1, 0.15) is 18.4 Å². The fourth-order valence-electron chi connectivity index (χ4n) is 4.33. The fourth-order valence-corrected chi connectivity index (χ4v) is 4.33. The van der Waals surface area contributed by atoms with Gasteiger partial charge in [-0.2, -0.15) is 5.10 Å². The smallest absolute Gasteiger partial charge is 0.264 e. The minimum Gasteiger partial charge on any atom is -0.508 e. The lowest BCUT2D eigenvalue weighted by atomic mass is 9.91. The number of phenols is 1. The van der Waals surface area contributed by atoms with Gasteiger partial charge in [-0.3, -0.25) is 14.3 Å². The predicted octanol–water partition coefficient (Wildman–Crippen LogP) is 2.31. The van der Waals surface area contributed by atoms with Crippen LogP contribution < -0.4 is 5.56 Å². The number of benzene rings is 2. The molecule has 8 nitrogen and oxygen atoms in total. The molecule has 32 heavy (non-hydrogen) atoms. The van der Waals surface area contributed by atoms with E-state index in [0.717, 1.165) is 17.8 Å². The number of piperidine rings is 1. The summed E-state index contributed by atoms with van der Waals surface area (Å²) in [4.78, 5) is 19.8. The summed E-state index contributed by atoms with van der Waals surface area (Å²) in [5.74, 6) is 0.258. The van der Waals surface area contributed by atoms with Gasteiger partial charge in [0.1, 0.15) is 17.5 Å². The number of aliphatic hydroxyl groups is 1. The largest absolute Gasteiger partial charge is 0.508 e. The molecule has 164 valence electrons. The Morgan fingerprint density at radius 2 is 1.81 bits per heavy atom. The third-order valence-corrected chi connectivity index (χ3v) is 6.12. The van der Waals surface area contributed by atoms with E-state index in [9.17, 15) is 15.0 Å². The molecular weight excluding hydrogens is 406 g/mol. The molecule has 2 N–H and O–H groups in total. The molecule has 1 saturated heterocycles. The van der Waals surface area contributed by atoms with E-state index < -0.39 is 5.60 Å². The average molecular weight is 431 g/mol. The predicted molar refractivity (Wildman–Crippen MR) is 121 cm³/mol. The second kappa shape index (κ2) is 8.22. The lowest BCUT2D eigenvalue weighted by Gasteiger charge is -2.38. The van der Waals surface area contributed by atoms with Crippen molar-refractivity contribution in [2.45, 2.75) is 31.5 Å². The second-order valence-electron chi connectivity index (χ2n) is 8.48. The van der Waals surface area contributed by atoms with Gasteiger partial charge >= 0.3 is 0 Å². The fraction of sp³-hybridized carbons (Fsp3) is 0.292. The molecule has 4 aromatic rings. The number of fused-ring (bicyclic) bond motifs is 1. The quantitative estimate of drug-likeness (QED) is 0.503. The molecule has 0 saturated carbocycles. The Labute approximate surface area is 185 Å². The number of nitrogens with zero attached hydrogens (tertiary/aromatic N) is 5. The summed E-state index contributed by atoms with van der Waals surface area (Å²) in [6, 6.07) is 16.8. The molecule has 1 aliphatic heterocycles. The SMILES string of the molecule is O=c1c2cnn(-c3ccccc3)c2ncn1CC1(O)CCN(Cc2cccc(O)c2)CC1. The van der Waals surface area contributed by atoms with Crippen molar-refractivity contribution in [3.63, 3.8) is 0 Å². The summed E-state index contributed by atoms with van der Waals surface area (Å²) in [6.45, 7) is 2.34. The highest BCUT2D eigenvalue weighted by molar-refractivity contribution is 5.74. The Kier molecular flexibility index (Phi) is 5.24. The van der Waals surface area contributed by atoms with Crippen LogP contribution in [0.25, 0.3) is 16.7 Å². The van der Waals surface area contributed by atoms with Gasteiger partial charge in [0, 0.05) is 19.6 Å². The molecule has 5 rings (SSSR count). The van der Waals surface area contributed by atoms with Crippen LogP contribution in [-0.2, 0) is 13.1 Å². The van der Waals surface area contributed by atoms with Crippen molar-refractivity contribution in [3.8, 4) is 11.4 Å². The van der Waals surface area contributed by atoms with Crippen molar-refractivity contribution >= 4 is 11.0 Å². The van der Waals surface area contributed by atoms with E-state index in [4.69, 9.17) is 0 Å². The lowest BCUT2D eigenvalue weighted by Crippen LogP contribution is -2.47. The summed E-state index contributed by atoms with van der Waals surface area (Å²) in [7, 11) is 0. The topological polar surface area (TPSA) is 96.4 Å². The van der Waals surface area contributed by atoms with Crippen molar-refractivity contribution in [1.29, 1.82) is 0 Å². The van der Waals surface area contributed by atoms with E-state index in [2.05, 4.69) is 15.0 Å². The minimum absolute atomic E-state index is 0.200. The van der Waals surface area contributed by atoms with Crippen LogP contribution in [0.4, 0.5) is 0 Å². The van der Waals surface area contributed by atoms with E-state index in [1.165, 1.54) is 17.1 Å². The maximum absolute atomic E-state index is 13.1. The number of rotatable bonds is 5. The molecule has 0 radical (unpaired) electrons. The highest BCUT2D eigenvalue weighted by atomic mass is 16.3. The van der Waals surface area contributed by atoms with E-state index in [0.29, 0.717) is 37.0 Å². The van der Waals surface area contributed by atoms with Crippen LogP contribution in [0.15, 0.2) is 71.9 Å². The first-order valence-electron chi connectivity index (χ1n) is 10.7. The third kappa shape index (κ3) is 4.02. The third-order valence-electron chi connectivity index (χ3n) is 6.12. The van der Waals surface area contributed by atoms with Crippen molar-refractivity contribution in [1.82, 2.24) is 24.2 Å². The molecule has 3 heterocycles. The summed E-state index contributed by atoms with van der Waals surface area (Å²) in [5, 5.41) is 25.6. The highest BCUT2D eigenvalue weighted by Gasteiger charge is 2.33. The number of hydrogen-bond donors (Lipinski definition) is 2. The number of hydrogen-bond acceptors (Lipinski definition) is 6. The normalized spacial score (nSPS) is 16.4. The van der Waals surface area contributed by atoms with E-state index in [1.54, 1.807) is 16.8 Å². The van der Waals surface area contributed by atoms with Crippen molar-refractivity contribution in [2.24, 2.45) is 0 Å². The van der Waals surface area contributed by atoms with Crippen LogP contribution >= 0.6 is 0 Å². The molecule has 0 spiro atoms. The van der Waals surface area contributed by atoms with Gasteiger partial charge in [-0.15, -0.1) is 0 Å². The molecule has 0 amide bonds. The number of likely N-dealkylation sites (tertiary alicyclic amines) is 1. The Morgan fingerprint density at radius 1 is 1.03 bits per heavy atom. The molecule has 8 heteroatoms. The zero-order valence-corrected chi connectivity index (χ0v) is 17.6. The van der Waals surface area contributed by atoms with Gasteiger partial charge in [0.15, 0.2) is 5.65 Å². The first-order chi connectivity index (χ1) is 15.5. The van der Waals surface area contributed by atoms with Crippen molar-refractivity contribution < 1.29 is 10.2 Å². The van der Waals surface area contributed by atoms with Gasteiger partial charge in [-0.25, -0.2) is 9.67 Å². The molecule has 0 aliphatic carbocycles. The van der Waals surface area contributed by atoms with Gasteiger partial charge in [0.05, 0.1) is 24.0 Å². The first-order valence-corrected chi connectivity index (χ1v) is 10.7. The first kappa shape index (κ1) is 20.4. The molecular formula is C24H25N5O3. The van der Waals surface area contributed by atoms with Gasteiger partial charge in [-0.1, -0.05) is 30.3 Å². The summed E-state index contributed by atoms with van der Waals surface area (Å²) < 4.78 is 3.14. The Morgan fingerprint density at radius 3 is 2.56 bits per heavy atom. The Hall–Kier alpha value is -3.49. The van der Waals surface area contributed by atoms with Gasteiger partial charge in [0.25, 0.3) is 5.56 Å². The van der Waals surface area contributed by atoms with Crippen LogP contribution in [0, 0.1) is 0 Å². The zero-order valence-electron chi connectivity index (χ0n) is 17.6. The van der Waals surface area contributed by atoms with Gasteiger partial charge in [-0.05, 0) is 42.7 Å². The van der Waals surface area contributed by atoms with E-state index in [1.807, 2.05) is 42.5 Å². The van der Waals surface area contributed by atoms with Crippen molar-refractivity contribution in [3.05, 3.63) is 83.0 Å². The minimum atomic E-state index is -0.968. The van der Waals surface area contributed by atoms with E-state index >= 15 is 0 Å². The summed E-state index contributed by atoms with van der Waals surface area (Å²) >= 11 is 0. The maximum Gasteiger partial charge on any atom is 0.264 e. The van der Waals surface area contributed by atoms with Crippen LogP contribution in [0.2, 0.25) is 0 Å². The molecule has 2 aromatic carbocycles. The number of aromatic nitrogens is 4. The zero-order chi connectivity index (χ0) is 22.1. The monoisotopic (exact) mass is 431 g/mol. The standard InChI is InChI=1S/C24H25N5O3/c30-20-8-4-5-18(13-20)15-27-11-9-24(32,10-12-27)16-28-17-25-22-21(23(28)31)14-26-29(22)19-6-2-1-3-7-19/h1-8,13-14,17,30,32H,9-12,15-16H2. The molecule has 1 fully saturated rings. The van der Waals surface area contributed by atoms with Gasteiger partial charge in [0.2, 0.25) is 0 Å². The highest BCUT2D eigenvalue weighted by Crippen LogP contribution is 2.25. The summed E-state index contributed by atoms with van der Waals surface area (Å²) in [5.41, 5.74) is 1.21. The number of phenolic OH excluding ortho intramolecular Hbond substituents is 1. The maximum atomic E-state index is 13.1. The van der Waals surface area contributed by atoms with Crippen LogP contribution in [0.3, 0.4) is 0 Å². The molecule has 0 atom stereocenters. The summed E-state index contributed by atoms with van der Waals surface area (Å²) in [6.07, 6.45) is 4.15. The Bertz CT molecular complexity index is 1290. The number of aromatic hydroxyl groups is 1. The lowest BCUT2D eigenvalue weighted by molar-refractivity contribution is -0.0365.